The normalized spacial score (nSPS) is 12.5. The predicted molar refractivity (Wildman–Crippen MR) is 168 cm³/mol. The fourth-order valence-corrected chi connectivity index (χ4v) is 6.09. The van der Waals surface area contributed by atoms with Gasteiger partial charge in [0.15, 0.2) is 0 Å². The monoisotopic (exact) mass is 484 g/mol. The van der Waals surface area contributed by atoms with Crippen molar-refractivity contribution in [3.63, 3.8) is 0 Å². The zero-order valence-electron chi connectivity index (χ0n) is 23.7. The summed E-state index contributed by atoms with van der Waals surface area (Å²) in [4.78, 5) is 0. The van der Waals surface area contributed by atoms with E-state index in [9.17, 15) is 0 Å². The molecular formula is C37H40. The molecule has 0 heteroatoms. The van der Waals surface area contributed by atoms with Gasteiger partial charge in [-0.05, 0) is 77.5 Å². The van der Waals surface area contributed by atoms with Crippen LogP contribution in [0.25, 0.3) is 54.2 Å². The van der Waals surface area contributed by atoms with Crippen LogP contribution < -0.4 is 0 Å². The molecule has 6 aromatic carbocycles. The minimum atomic E-state index is -0.0731. The van der Waals surface area contributed by atoms with Crippen LogP contribution in [-0.2, 0) is 5.41 Å². The summed E-state index contributed by atoms with van der Waals surface area (Å²) in [6, 6.07) is 36.0. The lowest BCUT2D eigenvalue weighted by molar-refractivity contribution is 0.672. The standard InChI is InChI=1S/C31H22.3C2H6/c1-31(2)29-26(16-15-21-17-19-9-3-4-10-20(19)18-27(21)29)28-24-13-7-5-11-22(24)23-12-6-8-14-25(23)30(28)31;3*1-2/h3-18H,1-2H3;3*1-2H3. The highest BCUT2D eigenvalue weighted by Crippen LogP contribution is 2.56. The van der Waals surface area contributed by atoms with Crippen LogP contribution in [-0.4, -0.2) is 0 Å². The third-order valence-corrected chi connectivity index (χ3v) is 7.34. The van der Waals surface area contributed by atoms with Crippen LogP contribution in [0.2, 0.25) is 0 Å². The Morgan fingerprint density at radius 1 is 0.405 bits per heavy atom. The minimum absolute atomic E-state index is 0.0731. The average molecular weight is 485 g/mol. The molecule has 7 rings (SSSR count). The lowest BCUT2D eigenvalue weighted by Gasteiger charge is -2.25. The van der Waals surface area contributed by atoms with Crippen LogP contribution in [0.4, 0.5) is 0 Å². The highest BCUT2D eigenvalue weighted by Gasteiger charge is 2.39. The topological polar surface area (TPSA) is 0 Å². The van der Waals surface area contributed by atoms with E-state index < -0.39 is 0 Å². The Kier molecular flexibility index (Phi) is 7.69. The van der Waals surface area contributed by atoms with Crippen LogP contribution >= 0.6 is 0 Å². The molecule has 188 valence electrons. The molecule has 6 aromatic rings. The van der Waals surface area contributed by atoms with Gasteiger partial charge in [0.05, 0.1) is 0 Å². The second-order valence-electron chi connectivity index (χ2n) is 9.37. The Labute approximate surface area is 223 Å². The van der Waals surface area contributed by atoms with E-state index in [0.717, 1.165) is 0 Å². The van der Waals surface area contributed by atoms with Crippen molar-refractivity contribution >= 4 is 43.1 Å². The second-order valence-corrected chi connectivity index (χ2v) is 9.37. The Hall–Kier alpha value is -3.64. The number of hydrogen-bond acceptors (Lipinski definition) is 0. The molecule has 0 radical (unpaired) electrons. The summed E-state index contributed by atoms with van der Waals surface area (Å²) >= 11 is 0. The highest BCUT2D eigenvalue weighted by molar-refractivity contribution is 6.19. The Morgan fingerprint density at radius 3 is 1.51 bits per heavy atom. The number of benzene rings is 6. The molecule has 1 aliphatic rings. The van der Waals surface area contributed by atoms with Gasteiger partial charge in [0.1, 0.15) is 0 Å². The van der Waals surface area contributed by atoms with Crippen molar-refractivity contribution in [3.05, 3.63) is 108 Å². The van der Waals surface area contributed by atoms with Crippen LogP contribution in [0.5, 0.6) is 0 Å². The predicted octanol–water partition coefficient (Wildman–Crippen LogP) is 11.7. The van der Waals surface area contributed by atoms with E-state index in [1.807, 2.05) is 41.5 Å². The summed E-state index contributed by atoms with van der Waals surface area (Å²) in [5.41, 5.74) is 5.68. The van der Waals surface area contributed by atoms with Crippen LogP contribution in [0, 0.1) is 0 Å². The molecule has 0 N–H and O–H groups in total. The number of rotatable bonds is 0. The molecule has 0 unspecified atom stereocenters. The molecule has 0 nitrogen and oxygen atoms in total. The molecule has 0 heterocycles. The first-order valence-electron chi connectivity index (χ1n) is 14.0. The van der Waals surface area contributed by atoms with Gasteiger partial charge in [0.2, 0.25) is 0 Å². The Morgan fingerprint density at radius 2 is 0.892 bits per heavy atom. The van der Waals surface area contributed by atoms with Gasteiger partial charge in [-0.3, -0.25) is 0 Å². The van der Waals surface area contributed by atoms with Crippen LogP contribution in [0.3, 0.4) is 0 Å². The quantitative estimate of drug-likeness (QED) is 0.148. The van der Waals surface area contributed by atoms with E-state index in [4.69, 9.17) is 0 Å². The van der Waals surface area contributed by atoms with Gasteiger partial charge < -0.3 is 0 Å². The maximum absolute atomic E-state index is 2.41. The van der Waals surface area contributed by atoms with Gasteiger partial charge in [-0.2, -0.15) is 0 Å². The maximum Gasteiger partial charge on any atom is 0.0171 e. The molecule has 0 saturated heterocycles. The number of fused-ring (bicyclic) bond motifs is 11. The average Bonchev–Trinajstić information content (AvgIpc) is 3.22. The summed E-state index contributed by atoms with van der Waals surface area (Å²) in [5.74, 6) is 0. The first kappa shape index (κ1) is 26.4. The van der Waals surface area contributed by atoms with Crippen molar-refractivity contribution in [1.82, 2.24) is 0 Å². The Balaban J connectivity index is 0.000000500. The SMILES string of the molecule is CC.CC.CC.CC1(C)c2c(ccc3cc4ccccc4cc23)-c2c1c1ccccc1c1ccccc21. The molecule has 0 amide bonds. The lowest BCUT2D eigenvalue weighted by atomic mass is 9.77. The highest BCUT2D eigenvalue weighted by atomic mass is 14.4. The fourth-order valence-electron chi connectivity index (χ4n) is 6.09. The summed E-state index contributed by atoms with van der Waals surface area (Å²) < 4.78 is 0. The van der Waals surface area contributed by atoms with Gasteiger partial charge >= 0.3 is 0 Å². The molecule has 37 heavy (non-hydrogen) atoms. The second kappa shape index (κ2) is 10.8. The van der Waals surface area contributed by atoms with Gasteiger partial charge in [-0.25, -0.2) is 0 Å². The van der Waals surface area contributed by atoms with E-state index in [2.05, 4.69) is 111 Å². The van der Waals surface area contributed by atoms with E-state index in [1.54, 1.807) is 0 Å². The van der Waals surface area contributed by atoms with Gasteiger partial charge in [-0.15, -0.1) is 0 Å². The summed E-state index contributed by atoms with van der Waals surface area (Å²) in [5, 5.41) is 10.8. The zero-order valence-corrected chi connectivity index (χ0v) is 23.7. The first-order chi connectivity index (χ1) is 18.1. The molecule has 0 bridgehead atoms. The largest absolute Gasteiger partial charge is 0.0683 e. The molecule has 0 saturated carbocycles. The van der Waals surface area contributed by atoms with Gasteiger partial charge in [-0.1, -0.05) is 140 Å². The summed E-state index contributed by atoms with van der Waals surface area (Å²) in [7, 11) is 0. The van der Waals surface area contributed by atoms with E-state index >= 15 is 0 Å². The smallest absolute Gasteiger partial charge is 0.0171 e. The molecule has 0 atom stereocenters. The summed E-state index contributed by atoms with van der Waals surface area (Å²) in [6.07, 6.45) is 0. The fraction of sp³-hybridized carbons (Fsp3) is 0.243. The van der Waals surface area contributed by atoms with Crippen molar-refractivity contribution in [2.45, 2.75) is 60.8 Å². The van der Waals surface area contributed by atoms with Gasteiger partial charge in [0.25, 0.3) is 0 Å². The molecule has 0 fully saturated rings. The van der Waals surface area contributed by atoms with Gasteiger partial charge in [0, 0.05) is 5.41 Å². The molecular weight excluding hydrogens is 444 g/mol. The van der Waals surface area contributed by atoms with E-state index in [1.165, 1.54) is 65.3 Å². The zero-order chi connectivity index (χ0) is 26.7. The molecule has 1 aliphatic carbocycles. The minimum Gasteiger partial charge on any atom is -0.0683 e. The van der Waals surface area contributed by atoms with E-state index in [-0.39, 0.29) is 5.41 Å². The number of hydrogen-bond donors (Lipinski definition) is 0. The van der Waals surface area contributed by atoms with Crippen molar-refractivity contribution in [1.29, 1.82) is 0 Å². The molecule has 0 aliphatic heterocycles. The van der Waals surface area contributed by atoms with Crippen molar-refractivity contribution < 1.29 is 0 Å². The maximum atomic E-state index is 2.41. The lowest BCUT2D eigenvalue weighted by Crippen LogP contribution is -2.16. The van der Waals surface area contributed by atoms with E-state index in [0.29, 0.717) is 0 Å². The van der Waals surface area contributed by atoms with Crippen molar-refractivity contribution in [3.8, 4) is 11.1 Å². The molecule has 0 aromatic heterocycles. The third kappa shape index (κ3) is 4.00. The van der Waals surface area contributed by atoms with Crippen molar-refractivity contribution in [2.24, 2.45) is 0 Å². The third-order valence-electron chi connectivity index (χ3n) is 7.34. The van der Waals surface area contributed by atoms with Crippen molar-refractivity contribution in [2.75, 3.05) is 0 Å². The van der Waals surface area contributed by atoms with Crippen LogP contribution in [0.15, 0.2) is 97.1 Å². The first-order valence-corrected chi connectivity index (χ1v) is 14.0. The van der Waals surface area contributed by atoms with Crippen LogP contribution in [0.1, 0.15) is 66.5 Å². The summed E-state index contributed by atoms with van der Waals surface area (Å²) in [6.45, 7) is 16.8. The Bertz CT molecular complexity index is 1700. The molecule has 0 spiro atoms.